The molecule has 0 unspecified atom stereocenters. The molecule has 0 radical (unpaired) electrons. The SMILES string of the molecule is CN(C)c1nc(N)c(C(=O)N2CCNC(=O)C2)s1. The van der Waals surface area contributed by atoms with Crippen molar-refractivity contribution < 1.29 is 9.59 Å². The highest BCUT2D eigenvalue weighted by Gasteiger charge is 2.26. The van der Waals surface area contributed by atoms with Crippen LogP contribution >= 0.6 is 11.3 Å². The first kappa shape index (κ1) is 12.6. The molecule has 0 spiro atoms. The number of hydrogen-bond acceptors (Lipinski definition) is 6. The van der Waals surface area contributed by atoms with Gasteiger partial charge in [-0.1, -0.05) is 11.3 Å². The molecule has 2 rings (SSSR count). The van der Waals surface area contributed by atoms with Crippen molar-refractivity contribution >= 4 is 34.1 Å². The molecule has 18 heavy (non-hydrogen) atoms. The lowest BCUT2D eigenvalue weighted by Crippen LogP contribution is -2.49. The number of carbonyl (C=O) groups excluding carboxylic acids is 2. The minimum Gasteiger partial charge on any atom is -0.382 e. The Morgan fingerprint density at radius 3 is 2.83 bits per heavy atom. The van der Waals surface area contributed by atoms with Gasteiger partial charge in [0, 0.05) is 27.2 Å². The number of aromatic nitrogens is 1. The van der Waals surface area contributed by atoms with Crippen molar-refractivity contribution in [2.75, 3.05) is 44.4 Å². The number of thiazole rings is 1. The highest BCUT2D eigenvalue weighted by molar-refractivity contribution is 7.18. The van der Waals surface area contributed by atoms with Crippen LogP contribution in [0.5, 0.6) is 0 Å². The highest BCUT2D eigenvalue weighted by atomic mass is 32.1. The summed E-state index contributed by atoms with van der Waals surface area (Å²) < 4.78 is 0. The molecule has 1 aromatic rings. The van der Waals surface area contributed by atoms with Crippen molar-refractivity contribution in [2.24, 2.45) is 0 Å². The first-order valence-corrected chi connectivity index (χ1v) is 6.30. The molecule has 2 amide bonds. The fraction of sp³-hybridized carbons (Fsp3) is 0.500. The molecule has 7 nitrogen and oxygen atoms in total. The van der Waals surface area contributed by atoms with E-state index in [1.807, 2.05) is 14.1 Å². The van der Waals surface area contributed by atoms with E-state index in [4.69, 9.17) is 5.73 Å². The Hall–Kier alpha value is -1.83. The summed E-state index contributed by atoms with van der Waals surface area (Å²) in [4.78, 5) is 31.3. The molecule has 3 N–H and O–H groups in total. The van der Waals surface area contributed by atoms with Crippen LogP contribution in [0.4, 0.5) is 10.9 Å². The fourth-order valence-electron chi connectivity index (χ4n) is 1.62. The third-order valence-electron chi connectivity index (χ3n) is 2.54. The van der Waals surface area contributed by atoms with Gasteiger partial charge in [-0.15, -0.1) is 0 Å². The lowest BCUT2D eigenvalue weighted by molar-refractivity contribution is -0.123. The molecule has 1 fully saturated rings. The van der Waals surface area contributed by atoms with Gasteiger partial charge in [0.05, 0.1) is 6.54 Å². The van der Waals surface area contributed by atoms with Gasteiger partial charge in [0.2, 0.25) is 5.91 Å². The van der Waals surface area contributed by atoms with E-state index in [0.717, 1.165) is 0 Å². The van der Waals surface area contributed by atoms with Crippen LogP contribution in [0.3, 0.4) is 0 Å². The predicted octanol–water partition coefficient (Wildman–Crippen LogP) is -0.637. The zero-order chi connectivity index (χ0) is 13.3. The molecule has 0 aromatic carbocycles. The Balaban J connectivity index is 2.20. The van der Waals surface area contributed by atoms with Gasteiger partial charge in [0.15, 0.2) is 5.13 Å². The van der Waals surface area contributed by atoms with E-state index in [-0.39, 0.29) is 24.2 Å². The van der Waals surface area contributed by atoms with Crippen molar-refractivity contribution in [3.8, 4) is 0 Å². The summed E-state index contributed by atoms with van der Waals surface area (Å²) in [5.74, 6) is -0.154. The Morgan fingerprint density at radius 1 is 1.56 bits per heavy atom. The fourth-order valence-corrected chi connectivity index (χ4v) is 2.50. The molecule has 1 aliphatic rings. The molecule has 98 valence electrons. The van der Waals surface area contributed by atoms with Gasteiger partial charge < -0.3 is 20.9 Å². The number of piperazine rings is 1. The molecule has 1 aliphatic heterocycles. The van der Waals surface area contributed by atoms with Crippen LogP contribution in [0, 0.1) is 0 Å². The number of hydrogen-bond donors (Lipinski definition) is 2. The second-order valence-electron chi connectivity index (χ2n) is 4.18. The largest absolute Gasteiger partial charge is 0.382 e. The van der Waals surface area contributed by atoms with Gasteiger partial charge in [-0.3, -0.25) is 9.59 Å². The maximum Gasteiger partial charge on any atom is 0.268 e. The summed E-state index contributed by atoms with van der Waals surface area (Å²) in [6.07, 6.45) is 0. The first-order valence-electron chi connectivity index (χ1n) is 5.48. The van der Waals surface area contributed by atoms with E-state index in [0.29, 0.717) is 23.1 Å². The Kier molecular flexibility index (Phi) is 3.37. The molecule has 8 heteroatoms. The standard InChI is InChI=1S/C10H15N5O2S/c1-14(2)10-13-8(11)7(18-10)9(17)15-4-3-12-6(16)5-15/h3-5,11H2,1-2H3,(H,12,16). The van der Waals surface area contributed by atoms with Crippen LogP contribution in [0.1, 0.15) is 9.67 Å². The zero-order valence-electron chi connectivity index (χ0n) is 10.3. The summed E-state index contributed by atoms with van der Waals surface area (Å²) in [6.45, 7) is 1.05. The lowest BCUT2D eigenvalue weighted by atomic mass is 10.3. The number of nitrogens with zero attached hydrogens (tertiary/aromatic N) is 3. The van der Waals surface area contributed by atoms with Crippen molar-refractivity contribution in [2.45, 2.75) is 0 Å². The first-order chi connectivity index (χ1) is 8.49. The molecule has 0 aliphatic carbocycles. The second-order valence-corrected chi connectivity index (χ2v) is 5.16. The zero-order valence-corrected chi connectivity index (χ0v) is 11.1. The van der Waals surface area contributed by atoms with Gasteiger partial charge in [-0.05, 0) is 0 Å². The summed E-state index contributed by atoms with van der Waals surface area (Å²) in [5.41, 5.74) is 5.75. The van der Waals surface area contributed by atoms with E-state index in [2.05, 4.69) is 10.3 Å². The minimum atomic E-state index is -0.229. The average Bonchev–Trinajstić information content (AvgIpc) is 2.70. The van der Waals surface area contributed by atoms with Crippen LogP contribution in [0.15, 0.2) is 0 Å². The number of anilines is 2. The van der Waals surface area contributed by atoms with Gasteiger partial charge in [0.25, 0.3) is 5.91 Å². The quantitative estimate of drug-likeness (QED) is 0.745. The van der Waals surface area contributed by atoms with Crippen molar-refractivity contribution in [3.05, 3.63) is 4.88 Å². The molecule has 0 atom stereocenters. The van der Waals surface area contributed by atoms with E-state index in [9.17, 15) is 9.59 Å². The van der Waals surface area contributed by atoms with Crippen LogP contribution in [-0.4, -0.2) is 55.4 Å². The third-order valence-corrected chi connectivity index (χ3v) is 3.77. The Morgan fingerprint density at radius 2 is 2.28 bits per heavy atom. The van der Waals surface area contributed by atoms with E-state index in [1.165, 1.54) is 16.2 Å². The molecule has 2 heterocycles. The van der Waals surface area contributed by atoms with Crippen LogP contribution < -0.4 is 16.0 Å². The van der Waals surface area contributed by atoms with Crippen LogP contribution in [0.2, 0.25) is 0 Å². The number of nitrogen functional groups attached to an aromatic ring is 1. The van der Waals surface area contributed by atoms with Crippen LogP contribution in [0.25, 0.3) is 0 Å². The maximum atomic E-state index is 12.2. The molecule has 0 saturated carbocycles. The van der Waals surface area contributed by atoms with Gasteiger partial charge in [0.1, 0.15) is 10.7 Å². The van der Waals surface area contributed by atoms with Crippen LogP contribution in [-0.2, 0) is 4.79 Å². The van der Waals surface area contributed by atoms with Crippen molar-refractivity contribution in [3.63, 3.8) is 0 Å². The summed E-state index contributed by atoms with van der Waals surface area (Å²) in [7, 11) is 3.67. The molecule has 1 saturated heterocycles. The highest BCUT2D eigenvalue weighted by Crippen LogP contribution is 2.27. The Bertz CT molecular complexity index is 485. The lowest BCUT2D eigenvalue weighted by Gasteiger charge is -2.26. The maximum absolute atomic E-state index is 12.2. The smallest absolute Gasteiger partial charge is 0.268 e. The second kappa shape index (κ2) is 4.81. The number of nitrogens with two attached hydrogens (primary N) is 1. The van der Waals surface area contributed by atoms with E-state index < -0.39 is 0 Å². The third kappa shape index (κ3) is 2.37. The summed E-state index contributed by atoms with van der Waals surface area (Å²) in [6, 6.07) is 0. The molecular formula is C10H15N5O2S. The van der Waals surface area contributed by atoms with Gasteiger partial charge >= 0.3 is 0 Å². The molecule has 1 aromatic heterocycles. The minimum absolute atomic E-state index is 0.0769. The van der Waals surface area contributed by atoms with E-state index in [1.54, 1.807) is 4.90 Å². The Labute approximate surface area is 109 Å². The summed E-state index contributed by atoms with van der Waals surface area (Å²) in [5, 5.41) is 3.35. The van der Waals surface area contributed by atoms with Crippen molar-refractivity contribution in [1.29, 1.82) is 0 Å². The number of amides is 2. The predicted molar refractivity (Wildman–Crippen MR) is 69.8 cm³/mol. The summed E-state index contributed by atoms with van der Waals surface area (Å²) >= 11 is 1.24. The normalized spacial score (nSPS) is 15.4. The monoisotopic (exact) mass is 269 g/mol. The molecule has 0 bridgehead atoms. The molecular weight excluding hydrogens is 254 g/mol. The van der Waals surface area contributed by atoms with Crippen molar-refractivity contribution in [1.82, 2.24) is 15.2 Å². The van der Waals surface area contributed by atoms with Gasteiger partial charge in [-0.25, -0.2) is 4.98 Å². The average molecular weight is 269 g/mol. The van der Waals surface area contributed by atoms with Gasteiger partial charge in [-0.2, -0.15) is 0 Å². The topological polar surface area (TPSA) is 91.6 Å². The number of nitrogens with one attached hydrogen (secondary N) is 1. The number of carbonyl (C=O) groups is 2. The van der Waals surface area contributed by atoms with E-state index >= 15 is 0 Å². The number of rotatable bonds is 2.